The van der Waals surface area contributed by atoms with Gasteiger partial charge in [-0.25, -0.2) is 0 Å². The predicted octanol–water partition coefficient (Wildman–Crippen LogP) is 2.88. The number of amidine groups is 1. The molecule has 0 saturated carbocycles. The molecular formula is C18H15N3O4S. The van der Waals surface area contributed by atoms with Gasteiger partial charge in [-0.3, -0.25) is 9.59 Å². The average molecular weight is 369 g/mol. The van der Waals surface area contributed by atoms with E-state index >= 15 is 0 Å². The van der Waals surface area contributed by atoms with Crippen molar-refractivity contribution in [3.05, 3.63) is 60.2 Å². The number of hydrogen-bond donors (Lipinski definition) is 2. The van der Waals surface area contributed by atoms with Crippen LogP contribution in [0.25, 0.3) is 0 Å². The van der Waals surface area contributed by atoms with Crippen LogP contribution in [-0.4, -0.2) is 33.6 Å². The Morgan fingerprint density at radius 3 is 2.69 bits per heavy atom. The molecule has 1 aliphatic rings. The van der Waals surface area contributed by atoms with Gasteiger partial charge in [0.15, 0.2) is 5.17 Å². The van der Waals surface area contributed by atoms with Crippen LogP contribution in [0.15, 0.2) is 64.8 Å². The number of carbonyl (C=O) groups is 2. The van der Waals surface area contributed by atoms with Gasteiger partial charge in [0.2, 0.25) is 5.91 Å². The van der Waals surface area contributed by atoms with Gasteiger partial charge in [0.1, 0.15) is 16.7 Å². The van der Waals surface area contributed by atoms with Gasteiger partial charge in [0, 0.05) is 5.56 Å². The zero-order chi connectivity index (χ0) is 18.4. The summed E-state index contributed by atoms with van der Waals surface area (Å²) in [6.45, 7) is 0. The first-order valence-electron chi connectivity index (χ1n) is 7.74. The standard InChI is InChI=1S/C18H15N3O4S/c22-16(23)10-15-17(24)20-18(26-15)21-19-11-12-6-4-5-9-14(12)25-13-7-2-1-3-8-13/h1-9,11,15H,10H2,(H,22,23)(H,20,21,24). The maximum Gasteiger partial charge on any atom is 0.305 e. The van der Waals surface area contributed by atoms with Gasteiger partial charge in [-0.1, -0.05) is 42.1 Å². The number of para-hydroxylation sites is 2. The first kappa shape index (κ1) is 17.7. The van der Waals surface area contributed by atoms with Crippen molar-refractivity contribution in [1.82, 2.24) is 5.32 Å². The van der Waals surface area contributed by atoms with E-state index in [1.54, 1.807) is 0 Å². The highest BCUT2D eigenvalue weighted by Gasteiger charge is 2.32. The van der Waals surface area contributed by atoms with Crippen LogP contribution in [-0.2, 0) is 9.59 Å². The van der Waals surface area contributed by atoms with Crippen molar-refractivity contribution in [2.24, 2.45) is 10.2 Å². The number of ether oxygens (including phenoxy) is 1. The minimum absolute atomic E-state index is 0.257. The highest BCUT2D eigenvalue weighted by Crippen LogP contribution is 2.24. The smallest absolute Gasteiger partial charge is 0.305 e. The number of thioether (sulfide) groups is 1. The van der Waals surface area contributed by atoms with E-state index in [1.165, 1.54) is 6.21 Å². The van der Waals surface area contributed by atoms with Gasteiger partial charge in [-0.15, -0.1) is 5.10 Å². The molecule has 8 heteroatoms. The second kappa shape index (κ2) is 8.30. The Morgan fingerprint density at radius 1 is 1.19 bits per heavy atom. The maximum absolute atomic E-state index is 11.7. The summed E-state index contributed by atoms with van der Waals surface area (Å²) in [7, 11) is 0. The molecule has 0 spiro atoms. The molecule has 3 rings (SSSR count). The summed E-state index contributed by atoms with van der Waals surface area (Å²) in [5.41, 5.74) is 0.720. The normalized spacial score (nSPS) is 18.2. The monoisotopic (exact) mass is 369 g/mol. The molecule has 0 aliphatic carbocycles. The maximum atomic E-state index is 11.7. The van der Waals surface area contributed by atoms with Gasteiger partial charge >= 0.3 is 5.97 Å². The van der Waals surface area contributed by atoms with E-state index < -0.39 is 11.2 Å². The van der Waals surface area contributed by atoms with Crippen molar-refractivity contribution < 1.29 is 19.4 Å². The van der Waals surface area contributed by atoms with Crippen LogP contribution in [0.4, 0.5) is 0 Å². The lowest BCUT2D eigenvalue weighted by molar-refractivity contribution is -0.138. The van der Waals surface area contributed by atoms with E-state index in [0.29, 0.717) is 11.5 Å². The summed E-state index contributed by atoms with van der Waals surface area (Å²) in [5.74, 6) is -0.0853. The molecule has 2 aromatic carbocycles. The molecule has 7 nitrogen and oxygen atoms in total. The van der Waals surface area contributed by atoms with Crippen LogP contribution >= 0.6 is 11.8 Å². The Hall–Kier alpha value is -3.13. The number of benzene rings is 2. The fourth-order valence-corrected chi connectivity index (χ4v) is 3.10. The number of hydrogen-bond acceptors (Lipinski definition) is 6. The van der Waals surface area contributed by atoms with Crippen LogP contribution in [0.3, 0.4) is 0 Å². The lowest BCUT2D eigenvalue weighted by Gasteiger charge is -2.07. The van der Waals surface area contributed by atoms with Gasteiger partial charge in [-0.05, 0) is 24.3 Å². The number of carboxylic acids is 1. The lowest BCUT2D eigenvalue weighted by atomic mass is 10.2. The first-order valence-corrected chi connectivity index (χ1v) is 8.62. The lowest BCUT2D eigenvalue weighted by Crippen LogP contribution is -2.26. The topological polar surface area (TPSA) is 100 Å². The van der Waals surface area contributed by atoms with Crippen molar-refractivity contribution in [2.45, 2.75) is 11.7 Å². The van der Waals surface area contributed by atoms with Crippen LogP contribution in [0.5, 0.6) is 11.5 Å². The molecule has 1 saturated heterocycles. The summed E-state index contributed by atoms with van der Waals surface area (Å²) in [6.07, 6.45) is 1.26. The Bertz CT molecular complexity index is 868. The van der Waals surface area contributed by atoms with Gasteiger partial charge < -0.3 is 15.2 Å². The van der Waals surface area contributed by atoms with Gasteiger partial charge in [0.25, 0.3) is 0 Å². The minimum atomic E-state index is -1.03. The number of nitrogens with one attached hydrogen (secondary N) is 1. The van der Waals surface area contributed by atoms with Gasteiger partial charge in [0.05, 0.1) is 12.6 Å². The van der Waals surface area contributed by atoms with Crippen LogP contribution in [0, 0.1) is 0 Å². The van der Waals surface area contributed by atoms with Crippen molar-refractivity contribution in [3.8, 4) is 11.5 Å². The number of carboxylic acid groups (broad SMARTS) is 1. The molecule has 0 aromatic heterocycles. The van der Waals surface area contributed by atoms with E-state index in [1.807, 2.05) is 54.6 Å². The van der Waals surface area contributed by atoms with E-state index in [-0.39, 0.29) is 17.5 Å². The third kappa shape index (κ3) is 4.70. The summed E-state index contributed by atoms with van der Waals surface area (Å²) in [5, 5.41) is 18.8. The Morgan fingerprint density at radius 2 is 1.92 bits per heavy atom. The van der Waals surface area contributed by atoms with Crippen LogP contribution in [0.1, 0.15) is 12.0 Å². The number of aliphatic carboxylic acids is 1. The van der Waals surface area contributed by atoms with Crippen molar-refractivity contribution in [1.29, 1.82) is 0 Å². The second-order valence-electron chi connectivity index (χ2n) is 5.30. The molecule has 1 unspecified atom stereocenters. The van der Waals surface area contributed by atoms with E-state index in [9.17, 15) is 9.59 Å². The van der Waals surface area contributed by atoms with Gasteiger partial charge in [-0.2, -0.15) is 5.10 Å². The van der Waals surface area contributed by atoms with Crippen molar-refractivity contribution in [3.63, 3.8) is 0 Å². The molecule has 2 aromatic rings. The highest BCUT2D eigenvalue weighted by atomic mass is 32.2. The van der Waals surface area contributed by atoms with E-state index in [0.717, 1.165) is 17.3 Å². The number of carbonyl (C=O) groups excluding carboxylic acids is 1. The Balaban J connectivity index is 1.69. The summed E-state index contributed by atoms with van der Waals surface area (Å²) in [4.78, 5) is 22.4. The molecule has 1 amide bonds. The molecular weight excluding hydrogens is 354 g/mol. The molecule has 132 valence electrons. The number of nitrogens with zero attached hydrogens (tertiary/aromatic N) is 2. The number of rotatable bonds is 6. The zero-order valence-corrected chi connectivity index (χ0v) is 14.3. The average Bonchev–Trinajstić information content (AvgIpc) is 2.96. The fraction of sp³-hybridized carbons (Fsp3) is 0.111. The second-order valence-corrected chi connectivity index (χ2v) is 6.49. The summed E-state index contributed by atoms with van der Waals surface area (Å²) >= 11 is 1.05. The first-order chi connectivity index (χ1) is 12.6. The summed E-state index contributed by atoms with van der Waals surface area (Å²) in [6, 6.07) is 16.7. The van der Waals surface area contributed by atoms with Crippen molar-refractivity contribution >= 4 is 35.0 Å². The number of amides is 1. The molecule has 1 aliphatic heterocycles. The molecule has 1 fully saturated rings. The molecule has 26 heavy (non-hydrogen) atoms. The molecule has 2 N–H and O–H groups in total. The van der Waals surface area contributed by atoms with E-state index in [2.05, 4.69) is 15.5 Å². The minimum Gasteiger partial charge on any atom is -0.481 e. The van der Waals surface area contributed by atoms with Crippen LogP contribution in [0.2, 0.25) is 0 Å². The SMILES string of the molecule is O=C(O)CC1SC(=NN=Cc2ccccc2Oc2ccccc2)NC1=O. The van der Waals surface area contributed by atoms with Crippen LogP contribution < -0.4 is 10.1 Å². The third-order valence-corrected chi connectivity index (χ3v) is 4.44. The molecule has 1 atom stereocenters. The Labute approximate surface area is 153 Å². The van der Waals surface area contributed by atoms with Crippen molar-refractivity contribution in [2.75, 3.05) is 0 Å². The highest BCUT2D eigenvalue weighted by molar-refractivity contribution is 8.15. The van der Waals surface area contributed by atoms with E-state index in [4.69, 9.17) is 9.84 Å². The summed E-state index contributed by atoms with van der Waals surface area (Å²) < 4.78 is 5.83. The largest absolute Gasteiger partial charge is 0.481 e. The molecule has 0 bridgehead atoms. The fourth-order valence-electron chi connectivity index (χ4n) is 2.18. The Kier molecular flexibility index (Phi) is 5.65. The molecule has 0 radical (unpaired) electrons. The molecule has 1 heterocycles. The quantitative estimate of drug-likeness (QED) is 0.602. The third-order valence-electron chi connectivity index (χ3n) is 3.37. The predicted molar refractivity (Wildman–Crippen MR) is 99.8 cm³/mol. The zero-order valence-electron chi connectivity index (χ0n) is 13.5.